The zero-order chi connectivity index (χ0) is 13.7. The van der Waals surface area contributed by atoms with Crippen molar-refractivity contribution in [1.29, 1.82) is 0 Å². The van der Waals surface area contributed by atoms with E-state index in [1.807, 2.05) is 12.1 Å². The van der Waals surface area contributed by atoms with E-state index in [9.17, 15) is 4.79 Å². The molecule has 0 heterocycles. The Kier molecular flexibility index (Phi) is 4.83. The van der Waals surface area contributed by atoms with Gasteiger partial charge in [-0.15, -0.1) is 0 Å². The van der Waals surface area contributed by atoms with Crippen molar-refractivity contribution in [3.8, 4) is 0 Å². The standard InChI is InChI=1S/C15H20ClNO2/c16-13-6-4-12(5-7-13)15(9-2-1-3-10-15)17-11-8-14(18)19/h4-7,17H,1-3,8-11H2,(H,18,19). The van der Waals surface area contributed by atoms with Crippen molar-refractivity contribution in [3.05, 3.63) is 34.9 Å². The van der Waals surface area contributed by atoms with Gasteiger partial charge in [0, 0.05) is 17.1 Å². The molecular weight excluding hydrogens is 262 g/mol. The van der Waals surface area contributed by atoms with E-state index in [0.717, 1.165) is 17.9 Å². The number of halogens is 1. The Hall–Kier alpha value is -1.06. The largest absolute Gasteiger partial charge is 0.481 e. The van der Waals surface area contributed by atoms with E-state index in [2.05, 4.69) is 17.4 Å². The highest BCUT2D eigenvalue weighted by Crippen LogP contribution is 2.37. The average molecular weight is 282 g/mol. The number of carbonyl (C=O) groups is 1. The Labute approximate surface area is 119 Å². The second-order valence-electron chi connectivity index (χ2n) is 5.22. The monoisotopic (exact) mass is 281 g/mol. The van der Waals surface area contributed by atoms with Gasteiger partial charge in [-0.1, -0.05) is 43.0 Å². The van der Waals surface area contributed by atoms with Gasteiger partial charge in [0.15, 0.2) is 0 Å². The fraction of sp³-hybridized carbons (Fsp3) is 0.533. The summed E-state index contributed by atoms with van der Waals surface area (Å²) in [6, 6.07) is 7.93. The molecule has 0 aliphatic heterocycles. The molecule has 2 rings (SSSR count). The number of rotatable bonds is 5. The maximum atomic E-state index is 10.7. The maximum absolute atomic E-state index is 10.7. The molecule has 0 saturated heterocycles. The molecule has 1 aliphatic carbocycles. The molecule has 19 heavy (non-hydrogen) atoms. The van der Waals surface area contributed by atoms with Crippen molar-refractivity contribution in [2.75, 3.05) is 6.54 Å². The molecule has 104 valence electrons. The SMILES string of the molecule is O=C(O)CCNC1(c2ccc(Cl)cc2)CCCCC1. The lowest BCUT2D eigenvalue weighted by Crippen LogP contribution is -2.44. The second-order valence-corrected chi connectivity index (χ2v) is 5.66. The first kappa shape index (κ1) is 14.4. The summed E-state index contributed by atoms with van der Waals surface area (Å²) < 4.78 is 0. The van der Waals surface area contributed by atoms with Crippen LogP contribution in [-0.4, -0.2) is 17.6 Å². The molecule has 1 aliphatic rings. The lowest BCUT2D eigenvalue weighted by atomic mass is 9.76. The van der Waals surface area contributed by atoms with Crippen LogP contribution in [0.25, 0.3) is 0 Å². The maximum Gasteiger partial charge on any atom is 0.304 e. The van der Waals surface area contributed by atoms with Gasteiger partial charge in [-0.25, -0.2) is 0 Å². The van der Waals surface area contributed by atoms with E-state index >= 15 is 0 Å². The van der Waals surface area contributed by atoms with Gasteiger partial charge >= 0.3 is 5.97 Å². The number of carboxylic acid groups (broad SMARTS) is 1. The second kappa shape index (κ2) is 6.40. The fourth-order valence-corrected chi connectivity index (χ4v) is 3.03. The highest BCUT2D eigenvalue weighted by atomic mass is 35.5. The number of carboxylic acids is 1. The van der Waals surface area contributed by atoms with Gasteiger partial charge in [0.05, 0.1) is 6.42 Å². The minimum atomic E-state index is -0.755. The third kappa shape index (κ3) is 3.71. The minimum Gasteiger partial charge on any atom is -0.481 e. The fourth-order valence-electron chi connectivity index (χ4n) is 2.90. The Bertz CT molecular complexity index is 424. The van der Waals surface area contributed by atoms with E-state index in [4.69, 9.17) is 16.7 Å². The first-order chi connectivity index (χ1) is 9.12. The molecule has 3 nitrogen and oxygen atoms in total. The normalized spacial score (nSPS) is 18.2. The van der Waals surface area contributed by atoms with Crippen LogP contribution in [0.4, 0.5) is 0 Å². The van der Waals surface area contributed by atoms with Crippen LogP contribution in [0.15, 0.2) is 24.3 Å². The van der Waals surface area contributed by atoms with Gasteiger partial charge in [-0.05, 0) is 30.5 Å². The summed E-state index contributed by atoms with van der Waals surface area (Å²) in [5.41, 5.74) is 1.15. The molecule has 1 fully saturated rings. The molecule has 4 heteroatoms. The first-order valence-corrected chi connectivity index (χ1v) is 7.23. The molecule has 0 bridgehead atoms. The summed E-state index contributed by atoms with van der Waals surface area (Å²) in [6.45, 7) is 0.512. The van der Waals surface area contributed by atoms with Crippen LogP contribution in [0.2, 0.25) is 5.02 Å². The molecule has 0 atom stereocenters. The molecule has 0 aromatic heterocycles. The van der Waals surface area contributed by atoms with Gasteiger partial charge in [0.2, 0.25) is 0 Å². The summed E-state index contributed by atoms with van der Waals surface area (Å²) in [6.07, 6.45) is 5.92. The third-order valence-electron chi connectivity index (χ3n) is 3.91. The van der Waals surface area contributed by atoms with Gasteiger partial charge < -0.3 is 10.4 Å². The van der Waals surface area contributed by atoms with Crippen LogP contribution in [0.1, 0.15) is 44.1 Å². The molecule has 0 unspecified atom stereocenters. The smallest absolute Gasteiger partial charge is 0.304 e. The predicted molar refractivity (Wildman–Crippen MR) is 76.5 cm³/mol. The lowest BCUT2D eigenvalue weighted by Gasteiger charge is -2.39. The van der Waals surface area contributed by atoms with Crippen LogP contribution in [0.3, 0.4) is 0 Å². The number of nitrogens with one attached hydrogen (secondary N) is 1. The minimum absolute atomic E-state index is 0.0711. The van der Waals surface area contributed by atoms with Crippen LogP contribution >= 0.6 is 11.6 Å². The number of aliphatic carboxylic acids is 1. The van der Waals surface area contributed by atoms with Crippen LogP contribution in [-0.2, 0) is 10.3 Å². The topological polar surface area (TPSA) is 49.3 Å². The zero-order valence-electron chi connectivity index (χ0n) is 11.0. The summed E-state index contributed by atoms with van der Waals surface area (Å²) in [4.78, 5) is 10.7. The van der Waals surface area contributed by atoms with E-state index in [1.54, 1.807) is 0 Å². The quantitative estimate of drug-likeness (QED) is 0.867. The summed E-state index contributed by atoms with van der Waals surface area (Å²) in [5, 5.41) is 13.0. The van der Waals surface area contributed by atoms with Crippen molar-refractivity contribution < 1.29 is 9.90 Å². The Balaban J connectivity index is 2.13. The van der Waals surface area contributed by atoms with Gasteiger partial charge in [-0.3, -0.25) is 4.79 Å². The highest BCUT2D eigenvalue weighted by Gasteiger charge is 2.33. The van der Waals surface area contributed by atoms with Crippen LogP contribution < -0.4 is 5.32 Å². The predicted octanol–water partition coefficient (Wildman–Crippen LogP) is 3.56. The molecule has 1 saturated carbocycles. The Morgan fingerprint density at radius 3 is 2.42 bits per heavy atom. The molecule has 1 aromatic rings. The van der Waals surface area contributed by atoms with Gasteiger partial charge in [-0.2, -0.15) is 0 Å². The van der Waals surface area contributed by atoms with Gasteiger partial charge in [0.25, 0.3) is 0 Å². The van der Waals surface area contributed by atoms with Crippen LogP contribution in [0.5, 0.6) is 0 Å². The number of hydrogen-bond donors (Lipinski definition) is 2. The van der Waals surface area contributed by atoms with Gasteiger partial charge in [0.1, 0.15) is 0 Å². The Morgan fingerprint density at radius 1 is 1.21 bits per heavy atom. The van der Waals surface area contributed by atoms with Crippen molar-refractivity contribution in [3.63, 3.8) is 0 Å². The number of hydrogen-bond acceptors (Lipinski definition) is 2. The molecular formula is C15H20ClNO2. The molecule has 0 amide bonds. The highest BCUT2D eigenvalue weighted by molar-refractivity contribution is 6.30. The third-order valence-corrected chi connectivity index (χ3v) is 4.16. The molecule has 0 spiro atoms. The zero-order valence-corrected chi connectivity index (χ0v) is 11.7. The lowest BCUT2D eigenvalue weighted by molar-refractivity contribution is -0.137. The van der Waals surface area contributed by atoms with E-state index < -0.39 is 5.97 Å². The van der Waals surface area contributed by atoms with Crippen molar-refractivity contribution >= 4 is 17.6 Å². The molecule has 2 N–H and O–H groups in total. The summed E-state index contributed by atoms with van der Waals surface area (Å²) in [5.74, 6) is -0.755. The van der Waals surface area contributed by atoms with Crippen molar-refractivity contribution in [1.82, 2.24) is 5.32 Å². The molecule has 0 radical (unpaired) electrons. The first-order valence-electron chi connectivity index (χ1n) is 6.85. The summed E-state index contributed by atoms with van der Waals surface area (Å²) in [7, 11) is 0. The van der Waals surface area contributed by atoms with E-state index in [1.165, 1.54) is 24.8 Å². The van der Waals surface area contributed by atoms with Crippen LogP contribution in [0, 0.1) is 0 Å². The van der Waals surface area contributed by atoms with E-state index in [0.29, 0.717) is 6.54 Å². The van der Waals surface area contributed by atoms with Crippen molar-refractivity contribution in [2.24, 2.45) is 0 Å². The molecule has 1 aromatic carbocycles. The number of benzene rings is 1. The Morgan fingerprint density at radius 2 is 1.84 bits per heavy atom. The van der Waals surface area contributed by atoms with E-state index in [-0.39, 0.29) is 12.0 Å². The average Bonchev–Trinajstić information content (AvgIpc) is 2.40. The van der Waals surface area contributed by atoms with Crippen molar-refractivity contribution in [2.45, 2.75) is 44.1 Å². The summed E-state index contributed by atoms with van der Waals surface area (Å²) >= 11 is 5.94.